The molecule has 0 amide bonds. The lowest BCUT2D eigenvalue weighted by atomic mass is 10.1. The van der Waals surface area contributed by atoms with Gasteiger partial charge in [-0.25, -0.2) is 4.98 Å². The number of carbonyl (C=O) groups is 1. The van der Waals surface area contributed by atoms with Crippen LogP contribution >= 0.6 is 0 Å². The summed E-state index contributed by atoms with van der Waals surface area (Å²) in [6, 6.07) is 14.8. The highest BCUT2D eigenvalue weighted by Crippen LogP contribution is 2.28. The fraction of sp³-hybridized carbons (Fsp3) is 0.158. The van der Waals surface area contributed by atoms with Gasteiger partial charge in [0, 0.05) is 12.0 Å². The summed E-state index contributed by atoms with van der Waals surface area (Å²) in [6.07, 6.45) is 0.744. The second-order valence-corrected chi connectivity index (χ2v) is 5.72. The van der Waals surface area contributed by atoms with E-state index in [4.69, 9.17) is 4.74 Å². The predicted molar refractivity (Wildman–Crippen MR) is 94.2 cm³/mol. The average Bonchev–Trinajstić information content (AvgIpc) is 3.07. The van der Waals surface area contributed by atoms with Crippen LogP contribution in [0, 0.1) is 0 Å². The number of carbonyl (C=O) groups excluding carboxylic acids is 1. The molecule has 0 unspecified atom stereocenters. The fourth-order valence-corrected chi connectivity index (χ4v) is 2.80. The molecule has 0 saturated carbocycles. The lowest BCUT2D eigenvalue weighted by Gasteiger charge is -2.09. The first kappa shape index (κ1) is 15.3. The number of hydrogen-bond donors (Lipinski definition) is 0. The summed E-state index contributed by atoms with van der Waals surface area (Å²) in [5, 5.41) is 8.50. The Balaban J connectivity index is 1.90. The van der Waals surface area contributed by atoms with Gasteiger partial charge in [0.25, 0.3) is 5.88 Å². The van der Waals surface area contributed by atoms with Crippen LogP contribution in [0.1, 0.15) is 30.0 Å². The van der Waals surface area contributed by atoms with Gasteiger partial charge in [0.05, 0.1) is 11.0 Å². The molecule has 6 nitrogen and oxygen atoms in total. The number of hydrogen-bond acceptors (Lipinski definition) is 5. The third kappa shape index (κ3) is 2.61. The molecule has 2 aromatic heterocycles. The molecule has 0 fully saturated rings. The zero-order chi connectivity index (χ0) is 17.4. The number of ether oxygens (including phenoxy) is 1. The summed E-state index contributed by atoms with van der Waals surface area (Å²) in [4.78, 5) is 16.2. The van der Waals surface area contributed by atoms with Crippen LogP contribution in [0.5, 0.6) is 11.6 Å². The van der Waals surface area contributed by atoms with E-state index in [-0.39, 0.29) is 5.78 Å². The minimum Gasteiger partial charge on any atom is -0.436 e. The van der Waals surface area contributed by atoms with Crippen LogP contribution in [-0.2, 0) is 6.42 Å². The van der Waals surface area contributed by atoms with E-state index in [1.807, 2.05) is 35.6 Å². The van der Waals surface area contributed by atoms with Crippen LogP contribution in [0.3, 0.4) is 0 Å². The normalized spacial score (nSPS) is 11.1. The number of Topliss-reactive ketones (excluding diaryl/α,β-unsaturated/α-hetero) is 1. The number of fused-ring (bicyclic) bond motifs is 3. The van der Waals surface area contributed by atoms with Crippen LogP contribution in [0.2, 0.25) is 0 Å². The third-order valence-electron chi connectivity index (χ3n) is 4.04. The van der Waals surface area contributed by atoms with Crippen LogP contribution in [0.4, 0.5) is 0 Å². The molecule has 25 heavy (non-hydrogen) atoms. The van der Waals surface area contributed by atoms with Gasteiger partial charge in [-0.1, -0.05) is 31.2 Å². The lowest BCUT2D eigenvalue weighted by molar-refractivity contribution is 0.101. The number of aromatic nitrogens is 4. The van der Waals surface area contributed by atoms with E-state index in [0.29, 0.717) is 22.8 Å². The summed E-state index contributed by atoms with van der Waals surface area (Å²) >= 11 is 0. The molecule has 0 atom stereocenters. The number of benzene rings is 2. The van der Waals surface area contributed by atoms with Crippen molar-refractivity contribution < 1.29 is 9.53 Å². The van der Waals surface area contributed by atoms with Gasteiger partial charge in [0.1, 0.15) is 11.6 Å². The van der Waals surface area contributed by atoms with E-state index in [1.165, 1.54) is 6.92 Å². The Hall–Kier alpha value is -3.28. The summed E-state index contributed by atoms with van der Waals surface area (Å²) in [5.74, 6) is 1.73. The molecule has 6 heteroatoms. The molecule has 4 rings (SSSR count). The Labute approximate surface area is 144 Å². The molecule has 0 aliphatic heterocycles. The van der Waals surface area contributed by atoms with Gasteiger partial charge in [-0.05, 0) is 31.2 Å². The third-order valence-corrected chi connectivity index (χ3v) is 4.04. The first-order valence-electron chi connectivity index (χ1n) is 8.09. The molecule has 124 valence electrons. The smallest absolute Gasteiger partial charge is 0.266 e. The second-order valence-electron chi connectivity index (χ2n) is 5.72. The number of para-hydroxylation sites is 2. The maximum absolute atomic E-state index is 11.6. The van der Waals surface area contributed by atoms with Gasteiger partial charge >= 0.3 is 0 Å². The summed E-state index contributed by atoms with van der Waals surface area (Å²) < 4.78 is 7.93. The van der Waals surface area contributed by atoms with Gasteiger partial charge < -0.3 is 4.74 Å². The molecule has 4 aromatic rings. The van der Waals surface area contributed by atoms with Crippen molar-refractivity contribution in [2.24, 2.45) is 0 Å². The van der Waals surface area contributed by atoms with E-state index in [2.05, 4.69) is 15.2 Å². The van der Waals surface area contributed by atoms with E-state index in [9.17, 15) is 4.79 Å². The molecule has 0 aliphatic rings. The molecule has 0 N–H and O–H groups in total. The van der Waals surface area contributed by atoms with Crippen molar-refractivity contribution in [3.05, 3.63) is 59.9 Å². The predicted octanol–water partition coefficient (Wildman–Crippen LogP) is 3.83. The number of ketones is 1. The lowest BCUT2D eigenvalue weighted by Crippen LogP contribution is -2.00. The van der Waals surface area contributed by atoms with Crippen molar-refractivity contribution >= 4 is 22.5 Å². The van der Waals surface area contributed by atoms with Crippen LogP contribution in [0.15, 0.2) is 48.5 Å². The second kappa shape index (κ2) is 5.98. The Morgan fingerprint density at radius 1 is 1.12 bits per heavy atom. The Morgan fingerprint density at radius 2 is 1.96 bits per heavy atom. The molecule has 2 aromatic carbocycles. The standard InChI is InChI=1S/C19H16N4O2/c1-3-17-21-22-18-19(20-15-9-4-5-10-16(15)23(17)18)25-14-8-6-7-13(11-14)12(2)24/h4-11H,3H2,1-2H3. The van der Waals surface area contributed by atoms with Crippen molar-refractivity contribution in [2.45, 2.75) is 20.3 Å². The minimum absolute atomic E-state index is 0.0159. The van der Waals surface area contributed by atoms with Crippen LogP contribution in [0.25, 0.3) is 16.7 Å². The molecule has 0 spiro atoms. The van der Waals surface area contributed by atoms with Crippen molar-refractivity contribution in [3.8, 4) is 11.6 Å². The number of aryl methyl sites for hydroxylation is 1. The van der Waals surface area contributed by atoms with E-state index in [0.717, 1.165) is 23.3 Å². The van der Waals surface area contributed by atoms with Gasteiger partial charge in [-0.3, -0.25) is 9.20 Å². The molecular formula is C19H16N4O2. The van der Waals surface area contributed by atoms with Crippen molar-refractivity contribution in [1.29, 1.82) is 0 Å². The molecule has 0 radical (unpaired) electrons. The zero-order valence-corrected chi connectivity index (χ0v) is 13.9. The van der Waals surface area contributed by atoms with Gasteiger partial charge in [-0.15, -0.1) is 10.2 Å². The molecule has 2 heterocycles. The van der Waals surface area contributed by atoms with E-state index >= 15 is 0 Å². The van der Waals surface area contributed by atoms with Crippen LogP contribution < -0.4 is 4.74 Å². The number of nitrogens with zero attached hydrogens (tertiary/aromatic N) is 4. The Morgan fingerprint density at radius 3 is 2.76 bits per heavy atom. The van der Waals surface area contributed by atoms with Gasteiger partial charge in [-0.2, -0.15) is 0 Å². The molecule has 0 bridgehead atoms. The van der Waals surface area contributed by atoms with Gasteiger partial charge in [0.2, 0.25) is 5.65 Å². The minimum atomic E-state index is -0.0159. The highest BCUT2D eigenvalue weighted by Gasteiger charge is 2.16. The monoisotopic (exact) mass is 332 g/mol. The quantitative estimate of drug-likeness (QED) is 0.531. The average molecular weight is 332 g/mol. The van der Waals surface area contributed by atoms with Crippen molar-refractivity contribution in [2.75, 3.05) is 0 Å². The molecule has 0 aliphatic carbocycles. The highest BCUT2D eigenvalue weighted by molar-refractivity contribution is 5.94. The highest BCUT2D eigenvalue weighted by atomic mass is 16.5. The topological polar surface area (TPSA) is 69.4 Å². The van der Waals surface area contributed by atoms with E-state index < -0.39 is 0 Å². The molecule has 0 saturated heterocycles. The molecular weight excluding hydrogens is 316 g/mol. The summed E-state index contributed by atoms with van der Waals surface area (Å²) in [5.41, 5.74) is 2.88. The fourth-order valence-electron chi connectivity index (χ4n) is 2.80. The summed E-state index contributed by atoms with van der Waals surface area (Å²) in [7, 11) is 0. The Kier molecular flexibility index (Phi) is 3.65. The summed E-state index contributed by atoms with van der Waals surface area (Å²) in [6.45, 7) is 3.56. The first-order chi connectivity index (χ1) is 12.2. The first-order valence-corrected chi connectivity index (χ1v) is 8.09. The number of rotatable bonds is 4. The van der Waals surface area contributed by atoms with Crippen LogP contribution in [-0.4, -0.2) is 25.4 Å². The van der Waals surface area contributed by atoms with E-state index in [1.54, 1.807) is 24.3 Å². The maximum atomic E-state index is 11.6. The Bertz CT molecular complexity index is 1100. The van der Waals surface area contributed by atoms with Crippen molar-refractivity contribution in [1.82, 2.24) is 19.6 Å². The van der Waals surface area contributed by atoms with Gasteiger partial charge in [0.15, 0.2) is 5.78 Å². The van der Waals surface area contributed by atoms with Crippen molar-refractivity contribution in [3.63, 3.8) is 0 Å². The largest absolute Gasteiger partial charge is 0.436 e. The zero-order valence-electron chi connectivity index (χ0n) is 13.9. The SMILES string of the molecule is CCc1nnc2c(Oc3cccc(C(C)=O)c3)nc3ccccc3n12. The maximum Gasteiger partial charge on any atom is 0.266 e.